The van der Waals surface area contributed by atoms with Gasteiger partial charge in [0.2, 0.25) is 0 Å². The third kappa shape index (κ3) is 4.62. The van der Waals surface area contributed by atoms with Gasteiger partial charge in [0, 0.05) is 19.6 Å². The van der Waals surface area contributed by atoms with Gasteiger partial charge in [-0.25, -0.2) is 0 Å². The number of piperidine rings is 1. The number of nitrogens with zero attached hydrogens (tertiary/aromatic N) is 2. The highest BCUT2D eigenvalue weighted by molar-refractivity contribution is 5.28. The van der Waals surface area contributed by atoms with Crippen molar-refractivity contribution in [3.63, 3.8) is 0 Å². The molecule has 1 atom stereocenters. The second kappa shape index (κ2) is 6.68. The van der Waals surface area contributed by atoms with Crippen molar-refractivity contribution >= 4 is 6.01 Å². The lowest BCUT2D eigenvalue weighted by atomic mass is 9.98. The summed E-state index contributed by atoms with van der Waals surface area (Å²) in [5.74, 6) is -0.758. The van der Waals surface area contributed by atoms with Gasteiger partial charge in [-0.1, -0.05) is 13.8 Å². The van der Waals surface area contributed by atoms with Gasteiger partial charge in [0.05, 0.1) is 11.6 Å². The number of nitrogens with one attached hydrogen (secondary N) is 1. The minimum absolute atomic E-state index is 0.0666. The van der Waals surface area contributed by atoms with E-state index in [1.807, 2.05) is 0 Å². The fourth-order valence-corrected chi connectivity index (χ4v) is 2.43. The van der Waals surface area contributed by atoms with Gasteiger partial charge in [-0.2, -0.15) is 18.2 Å². The summed E-state index contributed by atoms with van der Waals surface area (Å²) < 4.78 is 43.7. The van der Waals surface area contributed by atoms with E-state index >= 15 is 0 Å². The predicted octanol–water partition coefficient (Wildman–Crippen LogP) is 3.20. The predicted molar refractivity (Wildman–Crippen MR) is 74.0 cm³/mol. The summed E-state index contributed by atoms with van der Waals surface area (Å²) in [5.41, 5.74) is 0.722. The topological polar surface area (TPSA) is 41.3 Å². The van der Waals surface area contributed by atoms with E-state index in [1.54, 1.807) is 4.90 Å². The maximum absolute atomic E-state index is 12.8. The fourth-order valence-electron chi connectivity index (χ4n) is 2.43. The average molecular weight is 305 g/mol. The van der Waals surface area contributed by atoms with Crippen LogP contribution < -0.4 is 10.2 Å². The average Bonchev–Trinajstić information content (AvgIpc) is 2.86. The van der Waals surface area contributed by atoms with E-state index in [0.29, 0.717) is 31.4 Å². The first-order chi connectivity index (χ1) is 9.86. The Morgan fingerprint density at radius 3 is 2.90 bits per heavy atom. The third-order valence-corrected chi connectivity index (χ3v) is 3.55. The van der Waals surface area contributed by atoms with Crippen molar-refractivity contribution in [1.82, 2.24) is 10.3 Å². The van der Waals surface area contributed by atoms with Gasteiger partial charge < -0.3 is 14.6 Å². The van der Waals surface area contributed by atoms with Crippen LogP contribution in [-0.2, 0) is 6.54 Å². The summed E-state index contributed by atoms with van der Waals surface area (Å²) in [4.78, 5) is 5.87. The van der Waals surface area contributed by atoms with Gasteiger partial charge in [0.15, 0.2) is 0 Å². The number of anilines is 1. The third-order valence-electron chi connectivity index (χ3n) is 3.55. The molecule has 1 unspecified atom stereocenters. The molecule has 1 aromatic rings. The molecular weight excluding hydrogens is 283 g/mol. The minimum atomic E-state index is -4.15. The standard InChI is InChI=1S/C14H22F3N3O/c1-10(2)6-18-7-12-9-21-13(19-12)20-5-3-4-11(8-20)14(15,16)17/h9-11,18H,3-8H2,1-2H3. The summed E-state index contributed by atoms with van der Waals surface area (Å²) >= 11 is 0. The molecule has 1 saturated heterocycles. The van der Waals surface area contributed by atoms with Crippen molar-refractivity contribution in [2.24, 2.45) is 11.8 Å². The molecular formula is C14H22F3N3O. The Hall–Kier alpha value is -1.24. The van der Waals surface area contributed by atoms with Crippen molar-refractivity contribution in [2.45, 2.75) is 39.4 Å². The maximum Gasteiger partial charge on any atom is 0.393 e. The lowest BCUT2D eigenvalue weighted by Gasteiger charge is -2.32. The SMILES string of the molecule is CC(C)CNCc1coc(N2CCCC(C(F)(F)F)C2)n1. The number of hydrogen-bond acceptors (Lipinski definition) is 4. The molecule has 0 amide bonds. The molecule has 2 heterocycles. The number of hydrogen-bond donors (Lipinski definition) is 1. The van der Waals surface area contributed by atoms with Crippen LogP contribution in [0, 0.1) is 11.8 Å². The molecule has 0 bridgehead atoms. The Labute approximate surface area is 122 Å². The van der Waals surface area contributed by atoms with E-state index in [0.717, 1.165) is 12.2 Å². The number of alkyl halides is 3. The Balaban J connectivity index is 1.91. The largest absolute Gasteiger partial charge is 0.432 e. The van der Waals surface area contributed by atoms with E-state index < -0.39 is 12.1 Å². The zero-order chi connectivity index (χ0) is 15.5. The van der Waals surface area contributed by atoms with Crippen LogP contribution in [-0.4, -0.2) is 30.8 Å². The van der Waals surface area contributed by atoms with Crippen molar-refractivity contribution in [3.8, 4) is 0 Å². The van der Waals surface area contributed by atoms with Gasteiger partial charge in [-0.3, -0.25) is 0 Å². The quantitative estimate of drug-likeness (QED) is 0.907. The molecule has 1 aliphatic rings. The molecule has 0 radical (unpaired) electrons. The zero-order valence-corrected chi connectivity index (χ0v) is 12.4. The lowest BCUT2D eigenvalue weighted by Crippen LogP contribution is -2.41. The molecule has 1 aromatic heterocycles. The molecule has 4 nitrogen and oxygen atoms in total. The van der Waals surface area contributed by atoms with Gasteiger partial charge in [-0.15, -0.1) is 0 Å². The first-order valence-corrected chi connectivity index (χ1v) is 7.33. The minimum Gasteiger partial charge on any atom is -0.432 e. The molecule has 7 heteroatoms. The van der Waals surface area contributed by atoms with Crippen LogP contribution >= 0.6 is 0 Å². The first kappa shape index (κ1) is 16.1. The van der Waals surface area contributed by atoms with Crippen LogP contribution in [0.5, 0.6) is 0 Å². The van der Waals surface area contributed by atoms with Crippen molar-refractivity contribution in [2.75, 3.05) is 24.5 Å². The highest BCUT2D eigenvalue weighted by atomic mass is 19.4. The van der Waals surface area contributed by atoms with Crippen LogP contribution in [0.3, 0.4) is 0 Å². The lowest BCUT2D eigenvalue weighted by molar-refractivity contribution is -0.176. The summed E-state index contributed by atoms with van der Waals surface area (Å²) in [7, 11) is 0. The monoisotopic (exact) mass is 305 g/mol. The van der Waals surface area contributed by atoms with Gasteiger partial charge >= 0.3 is 6.18 Å². The Kier molecular flexibility index (Phi) is 5.13. The smallest absolute Gasteiger partial charge is 0.393 e. The van der Waals surface area contributed by atoms with Crippen molar-refractivity contribution < 1.29 is 17.6 Å². The van der Waals surface area contributed by atoms with E-state index in [1.165, 1.54) is 6.26 Å². The summed E-state index contributed by atoms with van der Waals surface area (Å²) in [6, 6.07) is 0.297. The second-order valence-electron chi connectivity index (χ2n) is 5.97. The number of oxazole rings is 1. The number of rotatable bonds is 5. The summed E-state index contributed by atoms with van der Waals surface area (Å²) in [6.45, 7) is 6.13. The molecule has 0 saturated carbocycles. The van der Waals surface area contributed by atoms with Crippen LogP contribution in [0.25, 0.3) is 0 Å². The highest BCUT2D eigenvalue weighted by Gasteiger charge is 2.42. The fraction of sp³-hybridized carbons (Fsp3) is 0.786. The van der Waals surface area contributed by atoms with Crippen molar-refractivity contribution in [3.05, 3.63) is 12.0 Å². The van der Waals surface area contributed by atoms with Crippen molar-refractivity contribution in [1.29, 1.82) is 0 Å². The summed E-state index contributed by atoms with van der Waals surface area (Å²) in [5, 5.41) is 3.23. The Bertz CT molecular complexity index is 445. The van der Waals surface area contributed by atoms with Gasteiger partial charge in [0.1, 0.15) is 6.26 Å². The van der Waals surface area contributed by atoms with E-state index in [9.17, 15) is 13.2 Å². The van der Waals surface area contributed by atoms with E-state index in [4.69, 9.17) is 4.42 Å². The zero-order valence-electron chi connectivity index (χ0n) is 12.4. The molecule has 0 aliphatic carbocycles. The number of halogens is 3. The highest BCUT2D eigenvalue weighted by Crippen LogP contribution is 2.34. The van der Waals surface area contributed by atoms with Gasteiger partial charge in [0.25, 0.3) is 6.01 Å². The van der Waals surface area contributed by atoms with Crippen LogP contribution in [0.2, 0.25) is 0 Å². The molecule has 120 valence electrons. The second-order valence-corrected chi connectivity index (χ2v) is 5.97. The molecule has 1 fully saturated rings. The molecule has 21 heavy (non-hydrogen) atoms. The molecule has 2 rings (SSSR count). The van der Waals surface area contributed by atoms with Gasteiger partial charge in [-0.05, 0) is 25.3 Å². The van der Waals surface area contributed by atoms with Crippen LogP contribution in [0.4, 0.5) is 19.2 Å². The normalized spacial score (nSPS) is 20.3. The summed E-state index contributed by atoms with van der Waals surface area (Å²) in [6.07, 6.45) is -1.94. The Morgan fingerprint density at radius 2 is 2.24 bits per heavy atom. The first-order valence-electron chi connectivity index (χ1n) is 7.33. The van der Waals surface area contributed by atoms with E-state index in [2.05, 4.69) is 24.1 Å². The van der Waals surface area contributed by atoms with Crippen LogP contribution in [0.1, 0.15) is 32.4 Å². The molecule has 0 aromatic carbocycles. The maximum atomic E-state index is 12.8. The van der Waals surface area contributed by atoms with E-state index in [-0.39, 0.29) is 13.0 Å². The molecule has 1 aliphatic heterocycles. The molecule has 1 N–H and O–H groups in total. The molecule has 0 spiro atoms. The number of aromatic nitrogens is 1. The Morgan fingerprint density at radius 1 is 1.48 bits per heavy atom. The van der Waals surface area contributed by atoms with Crippen LogP contribution in [0.15, 0.2) is 10.7 Å².